The van der Waals surface area contributed by atoms with Crippen LogP contribution in [0.3, 0.4) is 0 Å². The summed E-state index contributed by atoms with van der Waals surface area (Å²) in [5.41, 5.74) is 1.49. The van der Waals surface area contributed by atoms with Gasteiger partial charge in [-0.25, -0.2) is 9.97 Å². The molecule has 4 heterocycles. The Morgan fingerprint density at radius 2 is 2.17 bits per heavy atom. The van der Waals surface area contributed by atoms with Gasteiger partial charge in [-0.1, -0.05) is 11.8 Å². The molecule has 4 rings (SSSR count). The van der Waals surface area contributed by atoms with E-state index in [1.807, 2.05) is 19.2 Å². The van der Waals surface area contributed by atoms with E-state index in [1.54, 1.807) is 6.20 Å². The predicted molar refractivity (Wildman–Crippen MR) is 93.8 cm³/mol. The van der Waals surface area contributed by atoms with Crippen molar-refractivity contribution in [1.29, 1.82) is 0 Å². The molecule has 7 nitrogen and oxygen atoms in total. The second-order valence-corrected chi connectivity index (χ2v) is 7.95. The van der Waals surface area contributed by atoms with Crippen molar-refractivity contribution in [2.45, 2.75) is 24.8 Å². The summed E-state index contributed by atoms with van der Waals surface area (Å²) in [6.07, 6.45) is 1.72. The van der Waals surface area contributed by atoms with E-state index in [1.165, 1.54) is 44.9 Å². The maximum absolute atomic E-state index is 12.0. The van der Waals surface area contributed by atoms with Crippen LogP contribution in [0.4, 0.5) is 0 Å². The molecule has 0 radical (unpaired) electrons. The zero-order chi connectivity index (χ0) is 16.7. The molecule has 0 aliphatic rings. The van der Waals surface area contributed by atoms with Crippen molar-refractivity contribution in [3.8, 4) is 10.8 Å². The van der Waals surface area contributed by atoms with Crippen molar-refractivity contribution in [1.82, 2.24) is 24.6 Å². The van der Waals surface area contributed by atoms with E-state index >= 15 is 0 Å². The van der Waals surface area contributed by atoms with Crippen LogP contribution in [0.5, 0.6) is 0 Å². The highest BCUT2D eigenvalue weighted by atomic mass is 32.2. The lowest BCUT2D eigenvalue weighted by Crippen LogP contribution is -2.12. The van der Waals surface area contributed by atoms with Crippen LogP contribution in [0, 0.1) is 13.8 Å². The van der Waals surface area contributed by atoms with Crippen LogP contribution in [0.1, 0.15) is 16.4 Å². The fourth-order valence-corrected chi connectivity index (χ4v) is 4.42. The van der Waals surface area contributed by atoms with Crippen molar-refractivity contribution in [3.63, 3.8) is 0 Å². The zero-order valence-electron chi connectivity index (χ0n) is 12.7. The predicted octanol–water partition coefficient (Wildman–Crippen LogP) is 3.17. The summed E-state index contributed by atoms with van der Waals surface area (Å²) in [6, 6.07) is 1.53. The molecule has 0 N–H and O–H groups in total. The molecule has 0 fully saturated rings. The molecule has 122 valence electrons. The van der Waals surface area contributed by atoms with Crippen LogP contribution < -0.4 is 5.56 Å². The molecule has 4 aromatic rings. The second-order valence-electron chi connectivity index (χ2n) is 4.95. The second kappa shape index (κ2) is 6.11. The Morgan fingerprint density at radius 3 is 2.96 bits per heavy atom. The number of thioether (sulfide) groups is 1. The van der Waals surface area contributed by atoms with E-state index in [2.05, 4.69) is 20.2 Å². The van der Waals surface area contributed by atoms with E-state index in [-0.39, 0.29) is 5.56 Å². The van der Waals surface area contributed by atoms with Gasteiger partial charge in [-0.2, -0.15) is 0 Å². The molecule has 0 amide bonds. The largest absolute Gasteiger partial charge is 0.410 e. The number of thiazole rings is 2. The SMILES string of the molecule is Cc1nc(C)c(-c2nnc(SCc3cc(=O)n4ccsc4n3)o2)s1. The first-order valence-electron chi connectivity index (χ1n) is 6.96. The van der Waals surface area contributed by atoms with Crippen LogP contribution in [0.2, 0.25) is 0 Å². The Hall–Kier alpha value is -2.04. The van der Waals surface area contributed by atoms with Crippen molar-refractivity contribution >= 4 is 39.4 Å². The van der Waals surface area contributed by atoms with Gasteiger partial charge in [0.15, 0.2) is 4.96 Å². The van der Waals surface area contributed by atoms with Crippen LogP contribution in [0.15, 0.2) is 32.1 Å². The molecule has 0 aliphatic carbocycles. The van der Waals surface area contributed by atoms with E-state index < -0.39 is 0 Å². The van der Waals surface area contributed by atoms with Gasteiger partial charge in [0.05, 0.1) is 16.4 Å². The highest BCUT2D eigenvalue weighted by Crippen LogP contribution is 2.31. The molecular formula is C14H11N5O2S3. The third kappa shape index (κ3) is 2.87. The third-order valence-electron chi connectivity index (χ3n) is 3.20. The van der Waals surface area contributed by atoms with Crippen molar-refractivity contribution in [2.75, 3.05) is 0 Å². The van der Waals surface area contributed by atoms with Crippen molar-refractivity contribution < 1.29 is 4.42 Å². The van der Waals surface area contributed by atoms with Crippen LogP contribution in [0.25, 0.3) is 15.7 Å². The Balaban J connectivity index is 1.53. The van der Waals surface area contributed by atoms with Gasteiger partial charge in [-0.3, -0.25) is 9.20 Å². The Labute approximate surface area is 148 Å². The van der Waals surface area contributed by atoms with Crippen molar-refractivity contribution in [2.24, 2.45) is 0 Å². The van der Waals surface area contributed by atoms with Gasteiger partial charge in [0.1, 0.15) is 4.88 Å². The number of hydrogen-bond acceptors (Lipinski definition) is 9. The lowest BCUT2D eigenvalue weighted by atomic mass is 10.4. The highest BCUT2D eigenvalue weighted by molar-refractivity contribution is 7.98. The quantitative estimate of drug-likeness (QED) is 0.505. The van der Waals surface area contributed by atoms with Crippen LogP contribution in [-0.2, 0) is 5.75 Å². The highest BCUT2D eigenvalue weighted by Gasteiger charge is 2.15. The van der Waals surface area contributed by atoms with Crippen molar-refractivity contribution in [3.05, 3.63) is 44.4 Å². The zero-order valence-corrected chi connectivity index (χ0v) is 15.2. The molecule has 0 aromatic carbocycles. The number of hydrogen-bond donors (Lipinski definition) is 0. The van der Waals surface area contributed by atoms with Gasteiger partial charge in [-0.15, -0.1) is 32.9 Å². The maximum atomic E-state index is 12.0. The molecule has 0 saturated heterocycles. The fourth-order valence-electron chi connectivity index (χ4n) is 2.19. The Kier molecular flexibility index (Phi) is 3.94. The molecule has 0 atom stereocenters. The molecule has 24 heavy (non-hydrogen) atoms. The first kappa shape index (κ1) is 15.5. The normalized spacial score (nSPS) is 11.4. The monoisotopic (exact) mass is 377 g/mol. The van der Waals surface area contributed by atoms with E-state index in [0.29, 0.717) is 27.5 Å². The first-order chi connectivity index (χ1) is 11.6. The van der Waals surface area contributed by atoms with Gasteiger partial charge in [-0.05, 0) is 13.8 Å². The average Bonchev–Trinajstić information content (AvgIpc) is 3.25. The van der Waals surface area contributed by atoms with Gasteiger partial charge >= 0.3 is 0 Å². The lowest BCUT2D eigenvalue weighted by molar-refractivity contribution is 0.466. The summed E-state index contributed by atoms with van der Waals surface area (Å²) in [4.78, 5) is 22.4. The number of aryl methyl sites for hydroxylation is 2. The summed E-state index contributed by atoms with van der Waals surface area (Å²) in [7, 11) is 0. The van der Waals surface area contributed by atoms with Gasteiger partial charge in [0.2, 0.25) is 0 Å². The van der Waals surface area contributed by atoms with Crippen LogP contribution in [-0.4, -0.2) is 24.6 Å². The molecular weight excluding hydrogens is 366 g/mol. The number of fused-ring (bicyclic) bond motifs is 1. The van der Waals surface area contributed by atoms with Crippen LogP contribution >= 0.6 is 34.4 Å². The van der Waals surface area contributed by atoms with Gasteiger partial charge in [0, 0.05) is 23.4 Å². The number of aromatic nitrogens is 5. The summed E-state index contributed by atoms with van der Waals surface area (Å²) in [5, 5.41) is 11.4. The summed E-state index contributed by atoms with van der Waals surface area (Å²) in [5.74, 6) is 0.966. The van der Waals surface area contributed by atoms with E-state index in [9.17, 15) is 4.79 Å². The standard InChI is InChI=1S/C14H11N5O2S3/c1-7-11(24-8(2)15-7)12-17-18-14(21-12)23-6-9-5-10(20)19-3-4-22-13(19)16-9/h3-5H,6H2,1-2H3. The van der Waals surface area contributed by atoms with E-state index in [0.717, 1.165) is 15.6 Å². The number of nitrogens with zero attached hydrogens (tertiary/aromatic N) is 5. The maximum Gasteiger partial charge on any atom is 0.277 e. The summed E-state index contributed by atoms with van der Waals surface area (Å²) in [6.45, 7) is 3.86. The molecule has 4 aromatic heterocycles. The first-order valence-corrected chi connectivity index (χ1v) is 9.65. The molecule has 0 saturated carbocycles. The Bertz CT molecular complexity index is 1080. The topological polar surface area (TPSA) is 86.2 Å². The minimum Gasteiger partial charge on any atom is -0.410 e. The molecule has 0 bridgehead atoms. The molecule has 0 spiro atoms. The summed E-state index contributed by atoms with van der Waals surface area (Å²) >= 11 is 4.32. The molecule has 0 unspecified atom stereocenters. The smallest absolute Gasteiger partial charge is 0.277 e. The van der Waals surface area contributed by atoms with E-state index in [4.69, 9.17) is 4.42 Å². The molecule has 0 aliphatic heterocycles. The minimum absolute atomic E-state index is 0.0844. The average molecular weight is 377 g/mol. The Morgan fingerprint density at radius 1 is 1.29 bits per heavy atom. The third-order valence-corrected chi connectivity index (χ3v) is 5.87. The lowest BCUT2D eigenvalue weighted by Gasteiger charge is -1.98. The van der Waals surface area contributed by atoms with Gasteiger partial charge < -0.3 is 4.42 Å². The minimum atomic E-state index is -0.0844. The number of rotatable bonds is 4. The summed E-state index contributed by atoms with van der Waals surface area (Å²) < 4.78 is 7.22. The molecule has 10 heteroatoms. The fraction of sp³-hybridized carbons (Fsp3) is 0.214. The van der Waals surface area contributed by atoms with Gasteiger partial charge in [0.25, 0.3) is 16.7 Å².